The number of nitrogens with one attached hydrogen (secondary N) is 2. The van der Waals surface area contributed by atoms with E-state index >= 15 is 0 Å². The minimum absolute atomic E-state index is 0.0461. The second-order valence-corrected chi connectivity index (χ2v) is 5.96. The van der Waals surface area contributed by atoms with Gasteiger partial charge in [0, 0.05) is 25.3 Å². The number of carbonyl (C=O) groups is 1. The number of hydrogen-bond acceptors (Lipinski definition) is 3. The van der Waals surface area contributed by atoms with Crippen molar-refractivity contribution in [1.29, 1.82) is 0 Å². The molecule has 2 N–H and O–H groups in total. The van der Waals surface area contributed by atoms with Crippen molar-refractivity contribution >= 4 is 5.91 Å². The van der Waals surface area contributed by atoms with Gasteiger partial charge in [0.15, 0.2) is 5.69 Å². The molecule has 112 valence electrons. The Balaban J connectivity index is 2.27. The number of hydrogen-bond donors (Lipinski definition) is 2. The van der Waals surface area contributed by atoms with E-state index in [1.165, 1.54) is 0 Å². The summed E-state index contributed by atoms with van der Waals surface area (Å²) in [5.74, 6) is -0.181. The van der Waals surface area contributed by atoms with Crippen molar-refractivity contribution in [3.8, 4) is 5.69 Å². The highest BCUT2D eigenvalue weighted by atomic mass is 16.1. The number of benzene rings is 1. The minimum atomic E-state index is -0.181. The molecule has 0 fully saturated rings. The number of carbonyl (C=O) groups excluding carboxylic acids is 1. The molecule has 0 unspecified atom stereocenters. The summed E-state index contributed by atoms with van der Waals surface area (Å²) in [6.45, 7) is 7.14. The maximum Gasteiger partial charge on any atom is 0.271 e. The molecular weight excluding hydrogens is 264 g/mol. The molecule has 5 heteroatoms. The van der Waals surface area contributed by atoms with Gasteiger partial charge in [0.1, 0.15) is 0 Å². The van der Waals surface area contributed by atoms with Crippen LogP contribution in [0.4, 0.5) is 0 Å². The molecule has 1 aromatic carbocycles. The number of rotatable bonds is 4. The first kappa shape index (κ1) is 15.3. The summed E-state index contributed by atoms with van der Waals surface area (Å²) in [7, 11) is 1.60. The van der Waals surface area contributed by atoms with Gasteiger partial charge < -0.3 is 10.6 Å². The van der Waals surface area contributed by atoms with Crippen LogP contribution in [-0.2, 0) is 6.54 Å². The Morgan fingerprint density at radius 1 is 1.24 bits per heavy atom. The quantitative estimate of drug-likeness (QED) is 0.905. The van der Waals surface area contributed by atoms with Crippen LogP contribution < -0.4 is 10.6 Å². The van der Waals surface area contributed by atoms with Crippen LogP contribution in [0.2, 0.25) is 0 Å². The third-order valence-electron chi connectivity index (χ3n) is 3.10. The molecule has 2 rings (SSSR count). The molecule has 0 aliphatic heterocycles. The van der Waals surface area contributed by atoms with Crippen molar-refractivity contribution in [3.63, 3.8) is 0 Å². The fourth-order valence-electron chi connectivity index (χ4n) is 1.95. The largest absolute Gasteiger partial charge is 0.354 e. The molecule has 0 spiro atoms. The molecule has 0 saturated carbocycles. The van der Waals surface area contributed by atoms with Gasteiger partial charge in [0.05, 0.1) is 5.69 Å². The van der Waals surface area contributed by atoms with Gasteiger partial charge in [0.25, 0.3) is 5.91 Å². The fraction of sp³-hybridized carbons (Fsp3) is 0.375. The number of para-hydroxylation sites is 1. The molecule has 0 atom stereocenters. The number of aromatic nitrogens is 2. The lowest BCUT2D eigenvalue weighted by atomic mass is 10.1. The van der Waals surface area contributed by atoms with Crippen molar-refractivity contribution in [2.24, 2.45) is 0 Å². The Kier molecular flexibility index (Phi) is 4.43. The Morgan fingerprint density at radius 3 is 2.62 bits per heavy atom. The van der Waals surface area contributed by atoms with Crippen LogP contribution in [-0.4, -0.2) is 28.3 Å². The van der Waals surface area contributed by atoms with Gasteiger partial charge in [0.2, 0.25) is 0 Å². The zero-order chi connectivity index (χ0) is 15.5. The molecule has 1 amide bonds. The Hall–Kier alpha value is -2.14. The summed E-state index contributed by atoms with van der Waals surface area (Å²) >= 11 is 0. The smallest absolute Gasteiger partial charge is 0.271 e. The van der Waals surface area contributed by atoms with Crippen LogP contribution >= 0.6 is 0 Å². The molecule has 0 bridgehead atoms. The second kappa shape index (κ2) is 6.10. The van der Waals surface area contributed by atoms with E-state index in [1.807, 2.05) is 18.2 Å². The maximum atomic E-state index is 11.6. The van der Waals surface area contributed by atoms with E-state index < -0.39 is 0 Å². The van der Waals surface area contributed by atoms with Crippen molar-refractivity contribution in [3.05, 3.63) is 47.8 Å². The maximum absolute atomic E-state index is 11.6. The molecule has 1 heterocycles. The van der Waals surface area contributed by atoms with Crippen molar-refractivity contribution in [2.75, 3.05) is 7.05 Å². The van der Waals surface area contributed by atoms with Crippen molar-refractivity contribution in [1.82, 2.24) is 20.4 Å². The first-order valence-electron chi connectivity index (χ1n) is 7.02. The van der Waals surface area contributed by atoms with Crippen LogP contribution in [0.15, 0.2) is 36.5 Å². The van der Waals surface area contributed by atoms with Gasteiger partial charge in [-0.15, -0.1) is 0 Å². The highest BCUT2D eigenvalue weighted by Gasteiger charge is 2.13. The van der Waals surface area contributed by atoms with Gasteiger partial charge >= 0.3 is 0 Å². The van der Waals surface area contributed by atoms with E-state index in [0.29, 0.717) is 5.69 Å². The lowest BCUT2D eigenvalue weighted by Crippen LogP contribution is -2.35. The van der Waals surface area contributed by atoms with Gasteiger partial charge in [-0.1, -0.05) is 18.2 Å². The van der Waals surface area contributed by atoms with Gasteiger partial charge in [-0.2, -0.15) is 5.10 Å². The SMILES string of the molecule is CNC(=O)c1ccn(-c2ccccc2CNC(C)(C)C)n1. The minimum Gasteiger partial charge on any atom is -0.354 e. The highest BCUT2D eigenvalue weighted by Crippen LogP contribution is 2.15. The lowest BCUT2D eigenvalue weighted by molar-refractivity contribution is 0.0957. The molecule has 21 heavy (non-hydrogen) atoms. The number of nitrogens with zero attached hydrogens (tertiary/aromatic N) is 2. The molecule has 0 saturated heterocycles. The highest BCUT2D eigenvalue weighted by molar-refractivity contribution is 5.91. The third kappa shape index (κ3) is 3.92. The molecule has 0 radical (unpaired) electrons. The van der Waals surface area contributed by atoms with E-state index in [2.05, 4.69) is 42.6 Å². The molecule has 5 nitrogen and oxygen atoms in total. The molecule has 1 aromatic heterocycles. The van der Waals surface area contributed by atoms with E-state index in [-0.39, 0.29) is 11.4 Å². The molecular formula is C16H22N4O. The predicted molar refractivity (Wildman–Crippen MR) is 83.5 cm³/mol. The third-order valence-corrected chi connectivity index (χ3v) is 3.10. The standard InChI is InChI=1S/C16H22N4O/c1-16(2,3)18-11-12-7-5-6-8-14(12)20-10-9-13(19-20)15(21)17-4/h5-10,18H,11H2,1-4H3,(H,17,21). The summed E-state index contributed by atoms with van der Waals surface area (Å²) < 4.78 is 1.74. The van der Waals surface area contributed by atoms with E-state index in [4.69, 9.17) is 0 Å². The lowest BCUT2D eigenvalue weighted by Gasteiger charge is -2.21. The predicted octanol–water partition coefficient (Wildman–Crippen LogP) is 2.12. The van der Waals surface area contributed by atoms with Crippen LogP contribution in [0.1, 0.15) is 36.8 Å². The van der Waals surface area contributed by atoms with Crippen LogP contribution in [0.25, 0.3) is 5.69 Å². The second-order valence-electron chi connectivity index (χ2n) is 5.96. The zero-order valence-corrected chi connectivity index (χ0v) is 13.0. The molecule has 0 aliphatic rings. The fourth-order valence-corrected chi connectivity index (χ4v) is 1.95. The topological polar surface area (TPSA) is 59.0 Å². The zero-order valence-electron chi connectivity index (χ0n) is 13.0. The first-order valence-corrected chi connectivity index (χ1v) is 7.02. The van der Waals surface area contributed by atoms with Crippen molar-refractivity contribution in [2.45, 2.75) is 32.9 Å². The summed E-state index contributed by atoms with van der Waals surface area (Å²) in [6.07, 6.45) is 1.81. The summed E-state index contributed by atoms with van der Waals surface area (Å²) in [6, 6.07) is 9.76. The summed E-state index contributed by atoms with van der Waals surface area (Å²) in [5.41, 5.74) is 2.57. The van der Waals surface area contributed by atoms with E-state index in [9.17, 15) is 4.79 Å². The van der Waals surface area contributed by atoms with Crippen molar-refractivity contribution < 1.29 is 4.79 Å². The number of amides is 1. The summed E-state index contributed by atoms with van der Waals surface area (Å²) in [5, 5.41) is 10.4. The van der Waals surface area contributed by atoms with Gasteiger partial charge in [-0.25, -0.2) is 4.68 Å². The van der Waals surface area contributed by atoms with Crippen LogP contribution in [0.5, 0.6) is 0 Å². The molecule has 0 aliphatic carbocycles. The van der Waals surface area contributed by atoms with Gasteiger partial charge in [-0.05, 0) is 38.5 Å². The molecule has 2 aromatic rings. The Bertz CT molecular complexity index is 625. The average molecular weight is 286 g/mol. The monoisotopic (exact) mass is 286 g/mol. The average Bonchev–Trinajstić information content (AvgIpc) is 2.93. The van der Waals surface area contributed by atoms with E-state index in [1.54, 1.807) is 24.0 Å². The Labute approximate surface area is 125 Å². The summed E-state index contributed by atoms with van der Waals surface area (Å²) in [4.78, 5) is 11.6. The van der Waals surface area contributed by atoms with Crippen LogP contribution in [0.3, 0.4) is 0 Å². The van der Waals surface area contributed by atoms with E-state index in [0.717, 1.165) is 17.8 Å². The Morgan fingerprint density at radius 2 is 1.95 bits per heavy atom. The normalized spacial score (nSPS) is 11.4. The van der Waals surface area contributed by atoms with Gasteiger partial charge in [-0.3, -0.25) is 4.79 Å². The first-order chi connectivity index (χ1) is 9.90. The van der Waals surface area contributed by atoms with Crippen LogP contribution in [0, 0.1) is 0 Å².